The van der Waals surface area contributed by atoms with Gasteiger partial charge in [-0.05, 0) is 25.1 Å². The number of benzene rings is 2. The van der Waals surface area contributed by atoms with Crippen LogP contribution in [0.3, 0.4) is 0 Å². The predicted octanol–water partition coefficient (Wildman–Crippen LogP) is 2.85. The van der Waals surface area contributed by atoms with Crippen molar-refractivity contribution in [3.05, 3.63) is 69.3 Å². The van der Waals surface area contributed by atoms with Crippen molar-refractivity contribution in [1.29, 1.82) is 0 Å². The van der Waals surface area contributed by atoms with Crippen molar-refractivity contribution in [2.24, 2.45) is 0 Å². The molecule has 0 radical (unpaired) electrons. The molecule has 0 fully saturated rings. The highest BCUT2D eigenvalue weighted by Gasteiger charge is 2.27. The number of nitro groups is 1. The van der Waals surface area contributed by atoms with Crippen LogP contribution in [-0.4, -0.2) is 21.9 Å². The maximum atomic E-state index is 12.3. The number of carboxylic acid groups (broad SMARTS) is 1. The minimum Gasteiger partial charge on any atom is -0.478 e. The second kappa shape index (κ2) is 6.04. The van der Waals surface area contributed by atoms with Crippen molar-refractivity contribution < 1.29 is 19.6 Å². The van der Waals surface area contributed by atoms with Crippen LogP contribution in [0, 0.1) is 17.0 Å². The molecular formula is C15H12N2O5. The third kappa shape index (κ3) is 3.09. The van der Waals surface area contributed by atoms with E-state index < -0.39 is 33.6 Å². The molecule has 2 N–H and O–H groups in total. The van der Waals surface area contributed by atoms with E-state index in [2.05, 4.69) is 5.32 Å². The van der Waals surface area contributed by atoms with Gasteiger partial charge in [0, 0.05) is 11.8 Å². The van der Waals surface area contributed by atoms with Gasteiger partial charge in [-0.15, -0.1) is 0 Å². The average Bonchev–Trinajstić information content (AvgIpc) is 2.48. The summed E-state index contributed by atoms with van der Waals surface area (Å²) in [7, 11) is 0. The van der Waals surface area contributed by atoms with E-state index in [4.69, 9.17) is 5.11 Å². The van der Waals surface area contributed by atoms with Crippen molar-refractivity contribution >= 4 is 23.3 Å². The largest absolute Gasteiger partial charge is 0.478 e. The number of carbonyl (C=O) groups excluding carboxylic acids is 1. The van der Waals surface area contributed by atoms with Gasteiger partial charge in [0.05, 0.1) is 10.5 Å². The number of nitrogens with one attached hydrogen (secondary N) is 1. The number of nitrogens with zero attached hydrogens (tertiary/aromatic N) is 1. The lowest BCUT2D eigenvalue weighted by molar-refractivity contribution is -0.385. The fourth-order valence-electron chi connectivity index (χ4n) is 1.94. The highest BCUT2D eigenvalue weighted by atomic mass is 16.6. The number of anilines is 1. The number of hydrogen-bond donors (Lipinski definition) is 2. The fraction of sp³-hybridized carbons (Fsp3) is 0.0667. The van der Waals surface area contributed by atoms with E-state index in [-0.39, 0.29) is 0 Å². The molecule has 2 aromatic carbocycles. The van der Waals surface area contributed by atoms with Crippen molar-refractivity contribution in [3.8, 4) is 0 Å². The SMILES string of the molecule is Cc1ccc(NC(=O)c2c(C(=O)O)cccc2[N+](=O)[O-])cc1. The molecule has 0 aliphatic carbocycles. The van der Waals surface area contributed by atoms with Gasteiger partial charge in [0.1, 0.15) is 5.56 Å². The first-order chi connectivity index (χ1) is 10.4. The Kier molecular flexibility index (Phi) is 4.17. The van der Waals surface area contributed by atoms with Gasteiger partial charge in [0.25, 0.3) is 11.6 Å². The summed E-state index contributed by atoms with van der Waals surface area (Å²) in [6.07, 6.45) is 0. The van der Waals surface area contributed by atoms with Gasteiger partial charge < -0.3 is 10.4 Å². The second-order valence-corrected chi connectivity index (χ2v) is 4.58. The van der Waals surface area contributed by atoms with Gasteiger partial charge in [0.2, 0.25) is 0 Å². The number of carbonyl (C=O) groups is 2. The molecule has 0 aliphatic heterocycles. The third-order valence-electron chi connectivity index (χ3n) is 3.01. The fourth-order valence-corrected chi connectivity index (χ4v) is 1.94. The quantitative estimate of drug-likeness (QED) is 0.666. The predicted molar refractivity (Wildman–Crippen MR) is 79.2 cm³/mol. The number of nitro benzene ring substituents is 1. The maximum absolute atomic E-state index is 12.3. The van der Waals surface area contributed by atoms with Crippen molar-refractivity contribution in [1.82, 2.24) is 0 Å². The molecule has 0 aliphatic rings. The van der Waals surface area contributed by atoms with Gasteiger partial charge >= 0.3 is 5.97 Å². The Hall–Kier alpha value is -3.22. The van der Waals surface area contributed by atoms with E-state index in [0.717, 1.165) is 17.7 Å². The van der Waals surface area contributed by atoms with E-state index >= 15 is 0 Å². The summed E-state index contributed by atoms with van der Waals surface area (Å²) >= 11 is 0. The van der Waals surface area contributed by atoms with Crippen LogP contribution in [0.25, 0.3) is 0 Å². The molecular weight excluding hydrogens is 288 g/mol. The third-order valence-corrected chi connectivity index (χ3v) is 3.01. The first-order valence-corrected chi connectivity index (χ1v) is 6.29. The highest BCUT2D eigenvalue weighted by molar-refractivity contribution is 6.13. The summed E-state index contributed by atoms with van der Waals surface area (Å²) < 4.78 is 0. The Labute approximate surface area is 125 Å². The van der Waals surface area contributed by atoms with Crippen LogP contribution in [-0.2, 0) is 0 Å². The lowest BCUT2D eigenvalue weighted by Crippen LogP contribution is -2.18. The van der Waals surface area contributed by atoms with Crippen LogP contribution in [0.2, 0.25) is 0 Å². The molecule has 0 saturated carbocycles. The van der Waals surface area contributed by atoms with Crippen molar-refractivity contribution in [3.63, 3.8) is 0 Å². The van der Waals surface area contributed by atoms with Gasteiger partial charge in [-0.2, -0.15) is 0 Å². The van der Waals surface area contributed by atoms with Gasteiger partial charge in [0.15, 0.2) is 0 Å². The van der Waals surface area contributed by atoms with E-state index in [9.17, 15) is 19.7 Å². The summed E-state index contributed by atoms with van der Waals surface area (Å²) in [4.78, 5) is 33.7. The van der Waals surface area contributed by atoms with Crippen LogP contribution >= 0.6 is 0 Å². The molecule has 22 heavy (non-hydrogen) atoms. The minimum absolute atomic E-state index is 0.418. The van der Waals surface area contributed by atoms with Crippen LogP contribution in [0.4, 0.5) is 11.4 Å². The van der Waals surface area contributed by atoms with Gasteiger partial charge in [-0.1, -0.05) is 23.8 Å². The molecule has 112 valence electrons. The van der Waals surface area contributed by atoms with Gasteiger partial charge in [-0.25, -0.2) is 4.79 Å². The molecule has 0 bridgehead atoms. The number of aryl methyl sites for hydroxylation is 1. The van der Waals surface area contributed by atoms with Crippen molar-refractivity contribution in [2.45, 2.75) is 6.92 Å². The number of hydrogen-bond acceptors (Lipinski definition) is 4. The molecule has 2 aromatic rings. The van der Waals surface area contributed by atoms with E-state index in [1.54, 1.807) is 24.3 Å². The molecule has 1 amide bonds. The lowest BCUT2D eigenvalue weighted by Gasteiger charge is -2.08. The Morgan fingerprint density at radius 2 is 1.77 bits per heavy atom. The average molecular weight is 300 g/mol. The molecule has 0 unspecified atom stereocenters. The van der Waals surface area contributed by atoms with Crippen LogP contribution in [0.5, 0.6) is 0 Å². The summed E-state index contributed by atoms with van der Waals surface area (Å²) in [6.45, 7) is 1.87. The number of amides is 1. The molecule has 7 heteroatoms. The molecule has 0 aromatic heterocycles. The topological polar surface area (TPSA) is 110 Å². The monoisotopic (exact) mass is 300 g/mol. The smallest absolute Gasteiger partial charge is 0.336 e. The molecule has 7 nitrogen and oxygen atoms in total. The Morgan fingerprint density at radius 3 is 2.32 bits per heavy atom. The zero-order chi connectivity index (χ0) is 16.3. The van der Waals surface area contributed by atoms with Crippen LogP contribution < -0.4 is 5.32 Å². The summed E-state index contributed by atoms with van der Waals surface area (Å²) in [5.41, 5.74) is -0.0381. The maximum Gasteiger partial charge on any atom is 0.336 e. The Bertz CT molecular complexity index is 721. The highest BCUT2D eigenvalue weighted by Crippen LogP contribution is 2.24. The summed E-state index contributed by atoms with van der Waals surface area (Å²) in [6, 6.07) is 10.2. The Balaban J connectivity index is 2.45. The summed E-state index contributed by atoms with van der Waals surface area (Å²) in [5, 5.41) is 22.6. The standard InChI is InChI=1S/C15H12N2O5/c1-9-5-7-10(8-6-9)16-14(18)13-11(15(19)20)3-2-4-12(13)17(21)22/h2-8H,1H3,(H,16,18)(H,19,20). The Morgan fingerprint density at radius 1 is 1.14 bits per heavy atom. The molecule has 2 rings (SSSR count). The molecule has 0 heterocycles. The lowest BCUT2D eigenvalue weighted by atomic mass is 10.0. The van der Waals surface area contributed by atoms with Crippen LogP contribution in [0.15, 0.2) is 42.5 Å². The normalized spacial score (nSPS) is 10.0. The number of aromatic carboxylic acids is 1. The molecule has 0 saturated heterocycles. The summed E-state index contributed by atoms with van der Waals surface area (Å²) in [5.74, 6) is -2.24. The van der Waals surface area contributed by atoms with Crippen molar-refractivity contribution in [2.75, 3.05) is 5.32 Å². The molecule has 0 spiro atoms. The first-order valence-electron chi connectivity index (χ1n) is 6.29. The van der Waals surface area contributed by atoms with Crippen LogP contribution in [0.1, 0.15) is 26.3 Å². The molecule has 0 atom stereocenters. The van der Waals surface area contributed by atoms with E-state index in [1.807, 2.05) is 6.92 Å². The first kappa shape index (κ1) is 15.2. The second-order valence-electron chi connectivity index (χ2n) is 4.58. The minimum atomic E-state index is -1.40. The zero-order valence-electron chi connectivity index (χ0n) is 11.6. The zero-order valence-corrected chi connectivity index (χ0v) is 11.6. The van der Waals surface area contributed by atoms with Gasteiger partial charge in [-0.3, -0.25) is 14.9 Å². The van der Waals surface area contributed by atoms with E-state index in [0.29, 0.717) is 5.69 Å². The number of rotatable bonds is 4. The number of carboxylic acids is 1. The van der Waals surface area contributed by atoms with E-state index in [1.165, 1.54) is 6.07 Å².